The van der Waals surface area contributed by atoms with Crippen LogP contribution in [0.2, 0.25) is 5.02 Å². The molecular formula is C22H25ClF3N3O3. The first-order chi connectivity index (χ1) is 15.2. The summed E-state index contributed by atoms with van der Waals surface area (Å²) in [6, 6.07) is 11.3. The van der Waals surface area contributed by atoms with E-state index in [0.29, 0.717) is 38.2 Å². The molecule has 1 aliphatic rings. The first kappa shape index (κ1) is 24.0. The molecule has 10 heteroatoms. The number of halogens is 4. The Balaban J connectivity index is 1.77. The van der Waals surface area contributed by atoms with Crippen molar-refractivity contribution in [2.75, 3.05) is 44.8 Å². The van der Waals surface area contributed by atoms with E-state index < -0.39 is 17.8 Å². The lowest BCUT2D eigenvalue weighted by Crippen LogP contribution is -2.48. The van der Waals surface area contributed by atoms with Crippen molar-refractivity contribution in [2.24, 2.45) is 5.73 Å². The average Bonchev–Trinajstić information content (AvgIpc) is 2.77. The summed E-state index contributed by atoms with van der Waals surface area (Å²) in [5, 5.41) is -0.349. The van der Waals surface area contributed by atoms with Gasteiger partial charge in [-0.3, -0.25) is 4.90 Å². The molecule has 0 spiro atoms. The summed E-state index contributed by atoms with van der Waals surface area (Å²) in [5.41, 5.74) is 5.68. The Hall–Kier alpha value is -2.65. The van der Waals surface area contributed by atoms with Gasteiger partial charge in [-0.1, -0.05) is 17.7 Å². The summed E-state index contributed by atoms with van der Waals surface area (Å²) in [6.45, 7) is 2.63. The highest BCUT2D eigenvalue weighted by Gasteiger charge is 2.35. The SMILES string of the molecule is COc1ccc(N2CCN(C(CCOC(N)=O)c3ccc(Cl)c(C(F)(F)F)c3)CC2)cc1. The number of nitrogens with zero attached hydrogens (tertiary/aromatic N) is 2. The minimum atomic E-state index is -4.56. The van der Waals surface area contributed by atoms with E-state index in [4.69, 9.17) is 26.8 Å². The number of hydrogen-bond donors (Lipinski definition) is 1. The maximum Gasteiger partial charge on any atom is 0.417 e. The predicted molar refractivity (Wildman–Crippen MR) is 116 cm³/mol. The van der Waals surface area contributed by atoms with Gasteiger partial charge in [0.15, 0.2) is 0 Å². The predicted octanol–water partition coefficient (Wildman–Crippen LogP) is 4.72. The van der Waals surface area contributed by atoms with Crippen molar-refractivity contribution in [2.45, 2.75) is 18.6 Å². The lowest BCUT2D eigenvalue weighted by atomic mass is 9.98. The van der Waals surface area contributed by atoms with Crippen LogP contribution in [-0.2, 0) is 10.9 Å². The second-order valence-corrected chi connectivity index (χ2v) is 7.84. The first-order valence-corrected chi connectivity index (χ1v) is 10.5. The molecule has 6 nitrogen and oxygen atoms in total. The van der Waals surface area contributed by atoms with E-state index in [9.17, 15) is 18.0 Å². The van der Waals surface area contributed by atoms with Gasteiger partial charge in [0, 0.05) is 44.3 Å². The number of anilines is 1. The maximum atomic E-state index is 13.4. The molecule has 2 N–H and O–H groups in total. The van der Waals surface area contributed by atoms with Crippen LogP contribution in [0.4, 0.5) is 23.7 Å². The van der Waals surface area contributed by atoms with E-state index in [1.54, 1.807) is 13.2 Å². The molecule has 2 aromatic carbocycles. The lowest BCUT2D eigenvalue weighted by Gasteiger charge is -2.40. The van der Waals surface area contributed by atoms with E-state index in [1.165, 1.54) is 6.07 Å². The van der Waals surface area contributed by atoms with Gasteiger partial charge in [-0.2, -0.15) is 13.2 Å². The summed E-state index contributed by atoms with van der Waals surface area (Å²) < 4.78 is 50.2. The number of ether oxygens (including phenoxy) is 2. The van der Waals surface area contributed by atoms with Gasteiger partial charge >= 0.3 is 12.3 Å². The van der Waals surface area contributed by atoms with Gasteiger partial charge in [0.2, 0.25) is 0 Å². The molecule has 1 fully saturated rings. The van der Waals surface area contributed by atoms with Gasteiger partial charge in [-0.05, 0) is 42.0 Å². The number of piperazine rings is 1. The number of alkyl halides is 3. The fourth-order valence-corrected chi connectivity index (χ4v) is 4.11. The maximum absolute atomic E-state index is 13.4. The zero-order valence-corrected chi connectivity index (χ0v) is 18.3. The fourth-order valence-electron chi connectivity index (χ4n) is 3.88. The molecule has 1 aliphatic heterocycles. The minimum absolute atomic E-state index is 0.00265. The van der Waals surface area contributed by atoms with Crippen molar-refractivity contribution < 1.29 is 27.4 Å². The van der Waals surface area contributed by atoms with E-state index in [1.807, 2.05) is 24.3 Å². The molecule has 0 radical (unpaired) electrons. The van der Waals surface area contributed by atoms with E-state index in [-0.39, 0.29) is 17.7 Å². The van der Waals surface area contributed by atoms with E-state index >= 15 is 0 Å². The lowest BCUT2D eigenvalue weighted by molar-refractivity contribution is -0.137. The van der Waals surface area contributed by atoms with Crippen molar-refractivity contribution >= 4 is 23.4 Å². The molecule has 32 heavy (non-hydrogen) atoms. The van der Waals surface area contributed by atoms with Gasteiger partial charge in [0.25, 0.3) is 0 Å². The smallest absolute Gasteiger partial charge is 0.417 e. The van der Waals surface area contributed by atoms with Gasteiger partial charge in [-0.25, -0.2) is 4.79 Å². The van der Waals surface area contributed by atoms with Crippen molar-refractivity contribution in [3.05, 3.63) is 58.6 Å². The summed E-state index contributed by atoms with van der Waals surface area (Å²) in [4.78, 5) is 15.3. The highest BCUT2D eigenvalue weighted by Crippen LogP contribution is 2.38. The number of methoxy groups -OCH3 is 1. The Labute approximate surface area is 189 Å². The molecule has 0 aromatic heterocycles. The standard InChI is InChI=1S/C22H25ClF3N3O3/c1-31-17-5-3-16(4-6-17)28-9-11-29(12-10-28)20(8-13-32-21(27)30)15-2-7-19(23)18(14-15)22(24,25)26/h2-7,14,20H,8-13H2,1H3,(H2,27,30). The summed E-state index contributed by atoms with van der Waals surface area (Å²) in [7, 11) is 1.61. The van der Waals surface area contributed by atoms with Gasteiger partial charge in [0.1, 0.15) is 5.75 Å². The zero-order valence-electron chi connectivity index (χ0n) is 17.6. The Bertz CT molecular complexity index is 917. The van der Waals surface area contributed by atoms with Gasteiger partial charge in [-0.15, -0.1) is 0 Å². The number of nitrogens with two attached hydrogens (primary N) is 1. The Kier molecular flexibility index (Phi) is 7.73. The van der Waals surface area contributed by atoms with Crippen LogP contribution in [-0.4, -0.2) is 50.9 Å². The Morgan fingerprint density at radius 3 is 2.34 bits per heavy atom. The monoisotopic (exact) mass is 471 g/mol. The van der Waals surface area contributed by atoms with Crippen LogP contribution >= 0.6 is 11.6 Å². The van der Waals surface area contributed by atoms with Crippen molar-refractivity contribution in [3.8, 4) is 5.75 Å². The summed E-state index contributed by atoms with van der Waals surface area (Å²) in [6.07, 6.45) is -5.17. The number of hydrogen-bond acceptors (Lipinski definition) is 5. The number of carbonyl (C=O) groups excluding carboxylic acids is 1. The quantitative estimate of drug-likeness (QED) is 0.633. The molecule has 1 saturated heterocycles. The van der Waals surface area contributed by atoms with Crippen LogP contribution in [0.1, 0.15) is 23.6 Å². The van der Waals surface area contributed by atoms with Gasteiger partial charge in [0.05, 0.1) is 24.3 Å². The largest absolute Gasteiger partial charge is 0.497 e. The second-order valence-electron chi connectivity index (χ2n) is 7.43. The normalized spacial score (nSPS) is 16.0. The van der Waals surface area contributed by atoms with Crippen LogP contribution in [0.25, 0.3) is 0 Å². The number of primary amides is 1. The third-order valence-corrected chi connectivity index (χ3v) is 5.84. The minimum Gasteiger partial charge on any atom is -0.497 e. The van der Waals surface area contributed by atoms with E-state index in [2.05, 4.69) is 9.80 Å². The summed E-state index contributed by atoms with van der Waals surface area (Å²) >= 11 is 5.79. The molecule has 1 atom stereocenters. The van der Waals surface area contributed by atoms with Crippen LogP contribution in [0.5, 0.6) is 5.75 Å². The molecule has 1 amide bonds. The van der Waals surface area contributed by atoms with Gasteiger partial charge < -0.3 is 20.1 Å². The molecule has 1 heterocycles. The van der Waals surface area contributed by atoms with Crippen LogP contribution in [0.15, 0.2) is 42.5 Å². The number of carbonyl (C=O) groups is 1. The highest BCUT2D eigenvalue weighted by molar-refractivity contribution is 6.31. The Morgan fingerprint density at radius 2 is 1.78 bits per heavy atom. The van der Waals surface area contributed by atoms with Crippen LogP contribution < -0.4 is 15.4 Å². The topological polar surface area (TPSA) is 68.0 Å². The molecule has 0 aliphatic carbocycles. The molecular weight excluding hydrogens is 447 g/mol. The Morgan fingerprint density at radius 1 is 1.12 bits per heavy atom. The number of benzene rings is 2. The first-order valence-electron chi connectivity index (χ1n) is 10.1. The molecule has 0 saturated carbocycles. The van der Waals surface area contributed by atoms with Crippen LogP contribution in [0, 0.1) is 0 Å². The van der Waals surface area contributed by atoms with Crippen molar-refractivity contribution in [1.82, 2.24) is 4.90 Å². The second kappa shape index (κ2) is 10.3. The molecule has 2 aromatic rings. The van der Waals surface area contributed by atoms with E-state index in [0.717, 1.165) is 17.5 Å². The van der Waals surface area contributed by atoms with Crippen LogP contribution in [0.3, 0.4) is 0 Å². The molecule has 0 bridgehead atoms. The fraction of sp³-hybridized carbons (Fsp3) is 0.409. The third-order valence-electron chi connectivity index (χ3n) is 5.51. The van der Waals surface area contributed by atoms with Crippen molar-refractivity contribution in [1.29, 1.82) is 0 Å². The number of amides is 1. The molecule has 1 unspecified atom stereocenters. The zero-order chi connectivity index (χ0) is 23.3. The highest BCUT2D eigenvalue weighted by atomic mass is 35.5. The summed E-state index contributed by atoms with van der Waals surface area (Å²) in [5.74, 6) is 0.769. The number of rotatable bonds is 7. The molecule has 174 valence electrons. The average molecular weight is 472 g/mol. The third kappa shape index (κ3) is 5.98. The molecule has 3 rings (SSSR count). The van der Waals surface area contributed by atoms with Crippen molar-refractivity contribution in [3.63, 3.8) is 0 Å².